The summed E-state index contributed by atoms with van der Waals surface area (Å²) in [5, 5.41) is 4.45. The number of morpholine rings is 1. The fourth-order valence-electron chi connectivity index (χ4n) is 4.48. The Bertz CT molecular complexity index is 636. The van der Waals surface area contributed by atoms with Crippen LogP contribution in [0.5, 0.6) is 0 Å². The molecule has 7 heteroatoms. The van der Waals surface area contributed by atoms with Gasteiger partial charge in [0.1, 0.15) is 0 Å². The molecule has 1 aliphatic heterocycles. The highest BCUT2D eigenvalue weighted by molar-refractivity contribution is 7.15. The molecule has 144 valence electrons. The third-order valence-corrected chi connectivity index (χ3v) is 7.17. The minimum atomic E-state index is -0.146. The Morgan fingerprint density at radius 1 is 1.38 bits per heavy atom. The summed E-state index contributed by atoms with van der Waals surface area (Å²) in [7, 11) is 1.72. The fraction of sp³-hybridized carbons (Fsp3) is 0.789. The highest BCUT2D eigenvalue weighted by Crippen LogP contribution is 2.35. The second-order valence-corrected chi connectivity index (χ2v) is 8.88. The Kier molecular flexibility index (Phi) is 5.47. The molecule has 6 nitrogen and oxygen atoms in total. The summed E-state index contributed by atoms with van der Waals surface area (Å²) in [4.78, 5) is 21.5. The molecule has 26 heavy (non-hydrogen) atoms. The number of aryl methyl sites for hydroxylation is 1. The highest BCUT2D eigenvalue weighted by atomic mass is 32.1. The molecule has 2 fully saturated rings. The smallest absolute Gasteiger partial charge is 0.224 e. The van der Waals surface area contributed by atoms with Crippen LogP contribution in [0.2, 0.25) is 0 Å². The number of nitrogens with one attached hydrogen (secondary N) is 1. The molecule has 1 aromatic heterocycles. The lowest BCUT2D eigenvalue weighted by molar-refractivity contribution is -0.128. The quantitative estimate of drug-likeness (QED) is 0.849. The van der Waals surface area contributed by atoms with Gasteiger partial charge in [0.25, 0.3) is 0 Å². The van der Waals surface area contributed by atoms with Gasteiger partial charge in [-0.3, -0.25) is 4.79 Å². The Morgan fingerprint density at radius 2 is 2.15 bits per heavy atom. The van der Waals surface area contributed by atoms with E-state index in [0.717, 1.165) is 69.2 Å². The molecule has 3 aliphatic rings. The third kappa shape index (κ3) is 3.75. The van der Waals surface area contributed by atoms with E-state index in [1.54, 1.807) is 18.4 Å². The normalized spacial score (nSPS) is 25.1. The van der Waals surface area contributed by atoms with Crippen molar-refractivity contribution in [2.75, 3.05) is 44.9 Å². The zero-order valence-corrected chi connectivity index (χ0v) is 16.4. The number of nitrogens with zero attached hydrogens (tertiary/aromatic N) is 2. The number of fused-ring (bicyclic) bond motifs is 1. The van der Waals surface area contributed by atoms with Crippen molar-refractivity contribution in [2.24, 2.45) is 5.92 Å². The molecule has 1 aromatic rings. The lowest BCUT2D eigenvalue weighted by Gasteiger charge is -2.32. The summed E-state index contributed by atoms with van der Waals surface area (Å²) in [6.45, 7) is 3.99. The van der Waals surface area contributed by atoms with Crippen molar-refractivity contribution in [3.05, 3.63) is 10.6 Å². The molecular weight excluding hydrogens is 350 g/mol. The van der Waals surface area contributed by atoms with Gasteiger partial charge in [0, 0.05) is 37.4 Å². The van der Waals surface area contributed by atoms with Crippen LogP contribution in [0.3, 0.4) is 0 Å². The molecule has 0 bridgehead atoms. The minimum absolute atomic E-state index is 0.0384. The van der Waals surface area contributed by atoms with Crippen molar-refractivity contribution in [3.63, 3.8) is 0 Å². The van der Waals surface area contributed by atoms with Crippen molar-refractivity contribution in [2.45, 2.75) is 50.5 Å². The van der Waals surface area contributed by atoms with Crippen LogP contribution in [0.1, 0.15) is 42.7 Å². The average molecular weight is 380 g/mol. The Hall–Kier alpha value is -1.18. The number of amides is 1. The number of carbonyl (C=O) groups excluding carboxylic acids is 1. The SMILES string of the molecule is COCC1(NC(=O)C2CCc3sc(N4CCOCC4)nc3C2)CCCC1. The molecule has 2 heterocycles. The molecule has 4 rings (SSSR count). The second-order valence-electron chi connectivity index (χ2n) is 7.82. The predicted octanol–water partition coefficient (Wildman–Crippen LogP) is 2.16. The van der Waals surface area contributed by atoms with E-state index in [1.807, 2.05) is 0 Å². The van der Waals surface area contributed by atoms with E-state index < -0.39 is 0 Å². The maximum Gasteiger partial charge on any atom is 0.224 e. The highest BCUT2D eigenvalue weighted by Gasteiger charge is 2.38. The Morgan fingerprint density at radius 3 is 2.88 bits per heavy atom. The van der Waals surface area contributed by atoms with Gasteiger partial charge in [0.15, 0.2) is 5.13 Å². The number of anilines is 1. The number of hydrogen-bond acceptors (Lipinski definition) is 6. The van der Waals surface area contributed by atoms with Crippen LogP contribution in [0.25, 0.3) is 0 Å². The third-order valence-electron chi connectivity index (χ3n) is 5.95. The number of rotatable bonds is 5. The van der Waals surface area contributed by atoms with E-state index in [-0.39, 0.29) is 17.4 Å². The first kappa shape index (κ1) is 18.2. The number of ether oxygens (including phenoxy) is 2. The molecule has 1 unspecified atom stereocenters. The maximum atomic E-state index is 12.9. The van der Waals surface area contributed by atoms with Gasteiger partial charge in [-0.25, -0.2) is 4.98 Å². The lowest BCUT2D eigenvalue weighted by Crippen LogP contribution is -2.52. The molecular formula is C19H29N3O3S. The Labute approximate surface area is 159 Å². The van der Waals surface area contributed by atoms with Crippen LogP contribution in [-0.4, -0.2) is 56.5 Å². The van der Waals surface area contributed by atoms with E-state index in [4.69, 9.17) is 14.5 Å². The molecule has 0 aromatic carbocycles. The first-order valence-corrected chi connectivity index (χ1v) is 10.6. The summed E-state index contributed by atoms with van der Waals surface area (Å²) in [6, 6.07) is 0. The van der Waals surface area contributed by atoms with Gasteiger partial charge in [0.2, 0.25) is 5.91 Å². The summed E-state index contributed by atoms with van der Waals surface area (Å²) in [5.41, 5.74) is 0.989. The number of methoxy groups -OCH3 is 1. The van der Waals surface area contributed by atoms with Gasteiger partial charge in [-0.1, -0.05) is 12.8 Å². The van der Waals surface area contributed by atoms with E-state index >= 15 is 0 Å². The lowest BCUT2D eigenvalue weighted by atomic mass is 9.88. The van der Waals surface area contributed by atoms with E-state index in [9.17, 15) is 4.79 Å². The molecule has 1 atom stereocenters. The summed E-state index contributed by atoms with van der Waals surface area (Å²) < 4.78 is 10.8. The molecule has 1 saturated carbocycles. The van der Waals surface area contributed by atoms with Crippen LogP contribution in [0, 0.1) is 5.92 Å². The zero-order valence-electron chi connectivity index (χ0n) is 15.6. The average Bonchev–Trinajstić information content (AvgIpc) is 3.29. The first-order valence-electron chi connectivity index (χ1n) is 9.81. The number of carbonyl (C=O) groups is 1. The van der Waals surface area contributed by atoms with Crippen LogP contribution in [-0.2, 0) is 27.1 Å². The number of thiazole rings is 1. The molecule has 0 spiro atoms. The van der Waals surface area contributed by atoms with E-state index in [1.165, 1.54) is 17.7 Å². The zero-order chi connectivity index (χ0) is 18.0. The number of hydrogen-bond donors (Lipinski definition) is 1. The second kappa shape index (κ2) is 7.82. The van der Waals surface area contributed by atoms with Gasteiger partial charge in [-0.05, 0) is 25.7 Å². The van der Waals surface area contributed by atoms with Crippen molar-refractivity contribution in [1.29, 1.82) is 0 Å². The first-order chi connectivity index (χ1) is 12.7. The van der Waals surface area contributed by atoms with Crippen molar-refractivity contribution >= 4 is 22.4 Å². The van der Waals surface area contributed by atoms with Crippen LogP contribution in [0.15, 0.2) is 0 Å². The summed E-state index contributed by atoms with van der Waals surface area (Å²) in [5.74, 6) is 0.229. The maximum absolute atomic E-state index is 12.9. The van der Waals surface area contributed by atoms with Gasteiger partial charge in [-0.2, -0.15) is 0 Å². The molecule has 1 N–H and O–H groups in total. The van der Waals surface area contributed by atoms with Crippen LogP contribution < -0.4 is 10.2 Å². The van der Waals surface area contributed by atoms with Crippen molar-refractivity contribution in [1.82, 2.24) is 10.3 Å². The largest absolute Gasteiger partial charge is 0.382 e. The van der Waals surface area contributed by atoms with Crippen LogP contribution >= 0.6 is 11.3 Å². The van der Waals surface area contributed by atoms with Crippen molar-refractivity contribution in [3.8, 4) is 0 Å². The monoisotopic (exact) mass is 379 g/mol. The minimum Gasteiger partial charge on any atom is -0.382 e. The Balaban J connectivity index is 1.41. The standard InChI is InChI=1S/C19H29N3O3S/c1-24-13-19(6-2-3-7-19)21-17(23)14-4-5-16-15(12-14)20-18(26-16)22-8-10-25-11-9-22/h14H,2-13H2,1H3,(H,21,23). The summed E-state index contributed by atoms with van der Waals surface area (Å²) >= 11 is 1.80. The van der Waals surface area contributed by atoms with Gasteiger partial charge in [0.05, 0.1) is 31.1 Å². The molecule has 0 radical (unpaired) electrons. The van der Waals surface area contributed by atoms with E-state index in [0.29, 0.717) is 6.61 Å². The topological polar surface area (TPSA) is 63.7 Å². The van der Waals surface area contributed by atoms with Crippen LogP contribution in [0.4, 0.5) is 5.13 Å². The molecule has 1 amide bonds. The van der Waals surface area contributed by atoms with Gasteiger partial charge >= 0.3 is 0 Å². The predicted molar refractivity (Wildman–Crippen MR) is 102 cm³/mol. The molecule has 2 aliphatic carbocycles. The fourth-order valence-corrected chi connectivity index (χ4v) is 5.63. The van der Waals surface area contributed by atoms with E-state index in [2.05, 4.69) is 10.2 Å². The molecule has 1 saturated heterocycles. The van der Waals surface area contributed by atoms with Crippen molar-refractivity contribution < 1.29 is 14.3 Å². The van der Waals surface area contributed by atoms with Gasteiger partial charge < -0.3 is 19.7 Å². The summed E-state index contributed by atoms with van der Waals surface area (Å²) in [6.07, 6.45) is 7.07. The number of aromatic nitrogens is 1. The van der Waals surface area contributed by atoms with Gasteiger partial charge in [-0.15, -0.1) is 11.3 Å².